The molecule has 11 heteroatoms. The van der Waals surface area contributed by atoms with Crippen molar-refractivity contribution in [3.63, 3.8) is 0 Å². The van der Waals surface area contributed by atoms with Crippen molar-refractivity contribution >= 4 is 0 Å². The quantitative estimate of drug-likeness (QED) is 0.579. The summed E-state index contributed by atoms with van der Waals surface area (Å²) in [5.74, 6) is -6.01. The number of benzene rings is 1. The lowest BCUT2D eigenvalue weighted by Gasteiger charge is -2.74. The monoisotopic (exact) mass is 435 g/mol. The largest absolute Gasteiger partial charge is 0.377 e. The number of hydrogen-bond acceptors (Lipinski definition) is 5. The van der Waals surface area contributed by atoms with Crippen molar-refractivity contribution in [3.05, 3.63) is 76.0 Å². The maximum absolute atomic E-state index is 16.0. The highest BCUT2D eigenvalue weighted by molar-refractivity contribution is 5.42. The van der Waals surface area contributed by atoms with Crippen LogP contribution in [0.3, 0.4) is 0 Å². The molecule has 2 bridgehead atoms. The topological polar surface area (TPSA) is 96.7 Å². The van der Waals surface area contributed by atoms with Crippen molar-refractivity contribution in [2.75, 3.05) is 0 Å². The van der Waals surface area contributed by atoms with Crippen LogP contribution in [-0.2, 0) is 17.6 Å². The zero-order chi connectivity index (χ0) is 22.1. The lowest BCUT2D eigenvalue weighted by atomic mass is 9.30. The number of H-pyrrole nitrogens is 1. The van der Waals surface area contributed by atoms with Crippen LogP contribution in [0.1, 0.15) is 30.4 Å². The highest BCUT2D eigenvalue weighted by atomic mass is 19.3. The molecule has 0 spiro atoms. The number of halogens is 4. The van der Waals surface area contributed by atoms with E-state index in [2.05, 4.69) is 20.5 Å². The van der Waals surface area contributed by atoms with Crippen LogP contribution in [0.5, 0.6) is 0 Å². The molecule has 0 amide bonds. The smallest absolute Gasteiger partial charge is 0.287 e. The number of pyridine rings is 1. The average Bonchev–Trinajstić information content (AvgIpc) is 3.13. The molecule has 31 heavy (non-hydrogen) atoms. The van der Waals surface area contributed by atoms with Gasteiger partial charge in [0.1, 0.15) is 18.0 Å². The van der Waals surface area contributed by atoms with Gasteiger partial charge in [-0.05, 0) is 52.8 Å². The molecule has 2 aromatic heterocycles. The molecule has 3 saturated carbocycles. The van der Waals surface area contributed by atoms with Gasteiger partial charge in [-0.15, -0.1) is 5.10 Å². The van der Waals surface area contributed by atoms with Crippen molar-refractivity contribution in [2.45, 2.75) is 42.7 Å². The maximum Gasteiger partial charge on any atom is 0.287 e. The normalized spacial score (nSPS) is 26.6. The van der Waals surface area contributed by atoms with Crippen molar-refractivity contribution in [2.24, 2.45) is 5.41 Å². The summed E-state index contributed by atoms with van der Waals surface area (Å²) >= 11 is 0. The Morgan fingerprint density at radius 2 is 1.90 bits per heavy atom. The van der Waals surface area contributed by atoms with Crippen LogP contribution in [0.4, 0.5) is 17.6 Å². The third kappa shape index (κ3) is 2.62. The van der Waals surface area contributed by atoms with Crippen LogP contribution >= 0.6 is 0 Å². The Balaban J connectivity index is 1.52. The molecule has 0 saturated heterocycles. The molecule has 2 N–H and O–H groups in total. The number of alkyl halides is 2. The van der Waals surface area contributed by atoms with E-state index in [0.717, 1.165) is 28.7 Å². The van der Waals surface area contributed by atoms with Crippen LogP contribution in [0.2, 0.25) is 0 Å². The van der Waals surface area contributed by atoms with Crippen molar-refractivity contribution in [3.8, 4) is 0 Å². The fraction of sp³-hybridized carbons (Fsp3) is 0.400. The van der Waals surface area contributed by atoms with Crippen LogP contribution in [0.15, 0.2) is 47.7 Å². The fourth-order valence-corrected chi connectivity index (χ4v) is 5.27. The van der Waals surface area contributed by atoms with Crippen LogP contribution < -0.4 is 5.56 Å². The molecule has 0 aliphatic heterocycles. The van der Waals surface area contributed by atoms with E-state index in [1.54, 1.807) is 6.07 Å². The van der Waals surface area contributed by atoms with Gasteiger partial charge in [-0.3, -0.25) is 4.79 Å². The summed E-state index contributed by atoms with van der Waals surface area (Å²) in [6.07, 6.45) is 2.71. The highest BCUT2D eigenvalue weighted by Gasteiger charge is 2.82. The molecule has 3 aliphatic carbocycles. The Bertz CT molecular complexity index is 1170. The number of tetrazole rings is 1. The van der Waals surface area contributed by atoms with E-state index in [-0.39, 0.29) is 24.8 Å². The van der Waals surface area contributed by atoms with Gasteiger partial charge in [-0.25, -0.2) is 22.2 Å². The van der Waals surface area contributed by atoms with Crippen LogP contribution in [-0.4, -0.2) is 36.2 Å². The molecule has 0 radical (unpaired) electrons. The summed E-state index contributed by atoms with van der Waals surface area (Å²) in [5.41, 5.74) is -5.40. The van der Waals surface area contributed by atoms with Gasteiger partial charge in [0, 0.05) is 29.3 Å². The Hall–Kier alpha value is -3.08. The minimum absolute atomic E-state index is 0.0553. The first-order valence-corrected chi connectivity index (χ1v) is 9.57. The van der Waals surface area contributed by atoms with E-state index in [4.69, 9.17) is 0 Å². The first kappa shape index (κ1) is 19.9. The molecule has 6 rings (SSSR count). The third-order valence-corrected chi connectivity index (χ3v) is 6.77. The molecular weight excluding hydrogens is 418 g/mol. The standard InChI is InChI=1S/C20H17F4N5O2/c21-13-2-3-14(15(22)5-13)19(31,10-29-11-26-27-28-29)20(23,24)18-7-17(8-18,9-18)12-1-4-16(30)25-6-12/h1-6,11,31H,7-10H2,(H,25,30)/t17?,18?,19-/m1/s1. The van der Waals surface area contributed by atoms with E-state index in [0.29, 0.717) is 6.07 Å². The van der Waals surface area contributed by atoms with E-state index >= 15 is 8.78 Å². The number of nitrogens with one attached hydrogen (secondary N) is 1. The Kier molecular flexibility index (Phi) is 3.98. The second-order valence-corrected chi connectivity index (χ2v) is 8.60. The van der Waals surface area contributed by atoms with Crippen molar-refractivity contribution in [1.82, 2.24) is 25.2 Å². The fourth-order valence-electron chi connectivity index (χ4n) is 5.27. The van der Waals surface area contributed by atoms with Gasteiger partial charge >= 0.3 is 0 Å². The van der Waals surface area contributed by atoms with Gasteiger partial charge in [0.2, 0.25) is 5.56 Å². The Labute approximate surface area is 172 Å². The maximum atomic E-state index is 16.0. The predicted octanol–water partition coefficient (Wildman–Crippen LogP) is 2.28. The minimum Gasteiger partial charge on any atom is -0.377 e. The van der Waals surface area contributed by atoms with E-state index in [1.165, 1.54) is 12.3 Å². The van der Waals surface area contributed by atoms with Crippen molar-refractivity contribution in [1.29, 1.82) is 0 Å². The minimum atomic E-state index is -3.78. The molecule has 3 aliphatic rings. The number of aliphatic hydroxyl groups is 1. The molecule has 2 heterocycles. The molecule has 7 nitrogen and oxygen atoms in total. The number of aromatic nitrogens is 5. The first-order chi connectivity index (χ1) is 14.6. The van der Waals surface area contributed by atoms with E-state index in [9.17, 15) is 18.7 Å². The zero-order valence-corrected chi connectivity index (χ0v) is 16.0. The van der Waals surface area contributed by atoms with Crippen LogP contribution in [0.25, 0.3) is 0 Å². The number of nitrogens with zero attached hydrogens (tertiary/aromatic N) is 4. The summed E-state index contributed by atoms with van der Waals surface area (Å²) in [4.78, 5) is 13.8. The molecule has 1 atom stereocenters. The number of rotatable bonds is 6. The van der Waals surface area contributed by atoms with E-state index < -0.39 is 46.1 Å². The lowest BCUT2D eigenvalue weighted by molar-refractivity contribution is -0.347. The number of aromatic amines is 1. The molecule has 0 unspecified atom stereocenters. The molecule has 3 aromatic rings. The first-order valence-electron chi connectivity index (χ1n) is 9.57. The molecular formula is C20H17F4N5O2. The third-order valence-electron chi connectivity index (χ3n) is 6.77. The summed E-state index contributed by atoms with van der Waals surface area (Å²) in [5, 5.41) is 21.6. The molecule has 3 fully saturated rings. The Morgan fingerprint density at radius 3 is 2.48 bits per heavy atom. The molecule has 162 valence electrons. The van der Waals surface area contributed by atoms with E-state index in [1.807, 2.05) is 0 Å². The zero-order valence-electron chi connectivity index (χ0n) is 16.0. The predicted molar refractivity (Wildman–Crippen MR) is 98.0 cm³/mol. The number of hydrogen-bond donors (Lipinski definition) is 2. The second-order valence-electron chi connectivity index (χ2n) is 8.60. The van der Waals surface area contributed by atoms with Gasteiger partial charge in [-0.2, -0.15) is 0 Å². The van der Waals surface area contributed by atoms with Gasteiger partial charge in [-0.1, -0.05) is 6.07 Å². The summed E-state index contributed by atoms with van der Waals surface area (Å²) < 4.78 is 60.9. The Morgan fingerprint density at radius 1 is 1.16 bits per heavy atom. The van der Waals surface area contributed by atoms with Gasteiger partial charge in [0.25, 0.3) is 5.92 Å². The molecule has 1 aromatic carbocycles. The van der Waals surface area contributed by atoms with Crippen molar-refractivity contribution < 1.29 is 22.7 Å². The van der Waals surface area contributed by atoms with Gasteiger partial charge in [0.15, 0.2) is 5.60 Å². The highest BCUT2D eigenvalue weighted by Crippen LogP contribution is 2.80. The van der Waals surface area contributed by atoms with Gasteiger partial charge in [0.05, 0.1) is 6.54 Å². The lowest BCUT2D eigenvalue weighted by Crippen LogP contribution is -2.76. The summed E-state index contributed by atoms with van der Waals surface area (Å²) in [6, 6.07) is 5.05. The van der Waals surface area contributed by atoms with Gasteiger partial charge < -0.3 is 10.1 Å². The second kappa shape index (κ2) is 6.22. The average molecular weight is 435 g/mol. The summed E-state index contributed by atoms with van der Waals surface area (Å²) in [6.45, 7) is -0.817. The van der Waals surface area contributed by atoms with Crippen LogP contribution in [0, 0.1) is 17.0 Å². The summed E-state index contributed by atoms with van der Waals surface area (Å²) in [7, 11) is 0. The SMILES string of the molecule is O=c1ccc(C23CC(C(F)(F)[C@@](O)(Cn4cnnn4)c4ccc(F)cc4F)(C2)C3)c[nH]1.